The van der Waals surface area contributed by atoms with Crippen LogP contribution in [0.15, 0.2) is 29.1 Å². The first-order valence-corrected chi connectivity index (χ1v) is 8.21. The number of fused-ring (bicyclic) bond motifs is 3. The lowest BCUT2D eigenvalue weighted by Crippen LogP contribution is -2.30. The summed E-state index contributed by atoms with van der Waals surface area (Å²) in [5, 5.41) is 4.10. The molecule has 2 aromatic heterocycles. The second-order valence-corrected chi connectivity index (χ2v) is 6.42. The minimum atomic E-state index is -0.457. The Morgan fingerprint density at radius 2 is 1.79 bits per heavy atom. The van der Waals surface area contributed by atoms with Crippen molar-refractivity contribution in [2.75, 3.05) is 4.90 Å². The highest BCUT2D eigenvalue weighted by atomic mass is 32.1. The molecular formula is C16H12N4O3S. The molecule has 0 aliphatic carbocycles. The molecular weight excluding hydrogens is 328 g/mol. The number of aromatic nitrogens is 3. The maximum atomic E-state index is 12.8. The number of rotatable bonds is 2. The Hall–Kier alpha value is -2.87. The molecule has 0 atom stereocenters. The molecule has 0 fully saturated rings. The summed E-state index contributed by atoms with van der Waals surface area (Å²) in [5.41, 5.74) is 1.53. The number of aryl methyl sites for hydroxylation is 2. The highest BCUT2D eigenvalue weighted by Crippen LogP contribution is 2.33. The summed E-state index contributed by atoms with van der Waals surface area (Å²) < 4.78 is 1.29. The summed E-state index contributed by atoms with van der Waals surface area (Å²) in [7, 11) is 0. The Bertz CT molecular complexity index is 1070. The van der Waals surface area contributed by atoms with Crippen LogP contribution in [0.4, 0.5) is 5.69 Å². The van der Waals surface area contributed by atoms with Crippen molar-refractivity contribution in [1.82, 2.24) is 14.6 Å². The maximum absolute atomic E-state index is 12.8. The fourth-order valence-electron chi connectivity index (χ4n) is 2.65. The zero-order valence-electron chi connectivity index (χ0n) is 12.9. The van der Waals surface area contributed by atoms with Crippen molar-refractivity contribution < 1.29 is 9.59 Å². The van der Waals surface area contributed by atoms with E-state index >= 15 is 0 Å². The molecule has 1 aliphatic heterocycles. The molecule has 0 unspecified atom stereocenters. The Balaban J connectivity index is 1.86. The van der Waals surface area contributed by atoms with Gasteiger partial charge in [-0.1, -0.05) is 30.4 Å². The average Bonchev–Trinajstić information content (AvgIpc) is 3.04. The standard InChI is InChI=1S/C16H12N4O3S/c1-3-9-4-6-10(7-5-9)19-14(22)11-12(15(19)23)24-16-17-13(21)8(2)18-20(11)16/h4-7H,3H2,1-2H3. The largest absolute Gasteiger partial charge is 0.295 e. The molecule has 0 radical (unpaired) electrons. The van der Waals surface area contributed by atoms with Gasteiger partial charge < -0.3 is 0 Å². The normalized spacial score (nSPS) is 13.8. The molecule has 4 rings (SSSR count). The van der Waals surface area contributed by atoms with Crippen molar-refractivity contribution >= 4 is 33.8 Å². The van der Waals surface area contributed by atoms with Crippen molar-refractivity contribution in [3.63, 3.8) is 0 Å². The van der Waals surface area contributed by atoms with E-state index in [4.69, 9.17) is 0 Å². The lowest BCUT2D eigenvalue weighted by Gasteiger charge is -2.14. The van der Waals surface area contributed by atoms with Gasteiger partial charge in [-0.3, -0.25) is 14.4 Å². The van der Waals surface area contributed by atoms with Gasteiger partial charge in [-0.2, -0.15) is 14.6 Å². The SMILES string of the molecule is CCc1ccc(N2C(=O)c3sc4nc(=O)c(C)nn4c3C2=O)cc1. The molecule has 0 N–H and O–H groups in total. The van der Waals surface area contributed by atoms with Gasteiger partial charge in [0.1, 0.15) is 10.6 Å². The minimum Gasteiger partial charge on any atom is -0.267 e. The van der Waals surface area contributed by atoms with E-state index in [1.54, 1.807) is 12.1 Å². The van der Waals surface area contributed by atoms with E-state index in [9.17, 15) is 14.4 Å². The van der Waals surface area contributed by atoms with Crippen LogP contribution in [0, 0.1) is 6.92 Å². The molecule has 8 heteroatoms. The summed E-state index contributed by atoms with van der Waals surface area (Å²) in [6.45, 7) is 3.56. The van der Waals surface area contributed by atoms with Crippen molar-refractivity contribution in [2.24, 2.45) is 0 Å². The van der Waals surface area contributed by atoms with E-state index in [1.165, 1.54) is 11.4 Å². The first-order chi connectivity index (χ1) is 11.5. The summed E-state index contributed by atoms with van der Waals surface area (Å²) >= 11 is 1.00. The molecule has 120 valence electrons. The lowest BCUT2D eigenvalue weighted by atomic mass is 10.1. The van der Waals surface area contributed by atoms with Gasteiger partial charge in [-0.05, 0) is 31.0 Å². The van der Waals surface area contributed by atoms with Crippen LogP contribution in [0.2, 0.25) is 0 Å². The molecule has 24 heavy (non-hydrogen) atoms. The van der Waals surface area contributed by atoms with Gasteiger partial charge in [-0.15, -0.1) is 0 Å². The fourth-order valence-corrected chi connectivity index (χ4v) is 3.62. The van der Waals surface area contributed by atoms with Crippen molar-refractivity contribution in [3.05, 3.63) is 56.4 Å². The number of carbonyl (C=O) groups is 2. The topological polar surface area (TPSA) is 84.6 Å². The molecule has 0 saturated carbocycles. The first-order valence-electron chi connectivity index (χ1n) is 7.39. The third-order valence-electron chi connectivity index (χ3n) is 3.96. The van der Waals surface area contributed by atoms with Crippen LogP contribution in [0.5, 0.6) is 0 Å². The van der Waals surface area contributed by atoms with Gasteiger partial charge in [-0.25, -0.2) is 4.90 Å². The summed E-state index contributed by atoms with van der Waals surface area (Å²) in [5.74, 6) is -0.871. The third kappa shape index (κ3) is 1.93. The van der Waals surface area contributed by atoms with Crippen LogP contribution in [0.1, 0.15) is 38.3 Å². The molecule has 2 amide bonds. The van der Waals surface area contributed by atoms with Gasteiger partial charge in [0.25, 0.3) is 17.4 Å². The van der Waals surface area contributed by atoms with Gasteiger partial charge in [0, 0.05) is 0 Å². The lowest BCUT2D eigenvalue weighted by molar-refractivity contribution is 0.0924. The first kappa shape index (κ1) is 14.7. The molecule has 1 aliphatic rings. The Morgan fingerprint density at radius 3 is 2.46 bits per heavy atom. The zero-order chi connectivity index (χ0) is 17.0. The number of amides is 2. The number of carbonyl (C=O) groups excluding carboxylic acids is 2. The van der Waals surface area contributed by atoms with Crippen LogP contribution in [-0.4, -0.2) is 26.4 Å². The zero-order valence-corrected chi connectivity index (χ0v) is 13.8. The molecule has 0 bridgehead atoms. The summed E-state index contributed by atoms with van der Waals surface area (Å²) in [4.78, 5) is 42.6. The van der Waals surface area contributed by atoms with E-state index in [-0.39, 0.29) is 21.2 Å². The molecule has 0 saturated heterocycles. The van der Waals surface area contributed by atoms with E-state index in [0.717, 1.165) is 28.2 Å². The highest BCUT2D eigenvalue weighted by molar-refractivity contribution is 7.19. The van der Waals surface area contributed by atoms with Gasteiger partial charge in [0.2, 0.25) is 4.96 Å². The predicted octanol–water partition coefficient (Wildman–Crippen LogP) is 1.82. The quantitative estimate of drug-likeness (QED) is 0.664. The van der Waals surface area contributed by atoms with Crippen LogP contribution in [0.3, 0.4) is 0 Å². The molecule has 1 aromatic carbocycles. The number of hydrogen-bond donors (Lipinski definition) is 0. The predicted molar refractivity (Wildman–Crippen MR) is 88.8 cm³/mol. The van der Waals surface area contributed by atoms with Crippen LogP contribution >= 0.6 is 11.3 Å². The van der Waals surface area contributed by atoms with Gasteiger partial charge >= 0.3 is 0 Å². The van der Waals surface area contributed by atoms with Gasteiger partial charge in [0.05, 0.1) is 5.69 Å². The van der Waals surface area contributed by atoms with E-state index in [1.807, 2.05) is 19.1 Å². The Morgan fingerprint density at radius 1 is 1.08 bits per heavy atom. The number of benzene rings is 1. The minimum absolute atomic E-state index is 0.162. The summed E-state index contributed by atoms with van der Waals surface area (Å²) in [6.07, 6.45) is 0.877. The molecule has 0 spiro atoms. The van der Waals surface area contributed by atoms with Crippen molar-refractivity contribution in [1.29, 1.82) is 0 Å². The average molecular weight is 340 g/mol. The summed E-state index contributed by atoms with van der Waals surface area (Å²) in [6, 6.07) is 7.29. The van der Waals surface area contributed by atoms with Crippen LogP contribution in [-0.2, 0) is 6.42 Å². The smallest absolute Gasteiger partial charge is 0.267 e. The molecule has 7 nitrogen and oxygen atoms in total. The van der Waals surface area contributed by atoms with Gasteiger partial charge in [0.15, 0.2) is 5.69 Å². The number of nitrogens with zero attached hydrogens (tertiary/aromatic N) is 4. The number of anilines is 1. The third-order valence-corrected chi connectivity index (χ3v) is 4.98. The monoisotopic (exact) mass is 340 g/mol. The highest BCUT2D eigenvalue weighted by Gasteiger charge is 2.41. The number of hydrogen-bond acceptors (Lipinski definition) is 6. The number of imide groups is 1. The second-order valence-electron chi connectivity index (χ2n) is 5.44. The van der Waals surface area contributed by atoms with Crippen LogP contribution in [0.25, 0.3) is 4.96 Å². The maximum Gasteiger partial charge on any atom is 0.295 e. The van der Waals surface area contributed by atoms with Crippen molar-refractivity contribution in [3.8, 4) is 0 Å². The number of thiazole rings is 1. The molecule has 3 heterocycles. The fraction of sp³-hybridized carbons (Fsp3) is 0.188. The second kappa shape index (κ2) is 5.07. The van der Waals surface area contributed by atoms with Crippen molar-refractivity contribution in [2.45, 2.75) is 20.3 Å². The Kier molecular flexibility index (Phi) is 3.10. The molecule has 3 aromatic rings. The van der Waals surface area contributed by atoms with Crippen LogP contribution < -0.4 is 10.5 Å². The van der Waals surface area contributed by atoms with E-state index in [2.05, 4.69) is 10.1 Å². The van der Waals surface area contributed by atoms with E-state index in [0.29, 0.717) is 5.69 Å². The Labute approximate surface area is 140 Å². The van der Waals surface area contributed by atoms with E-state index < -0.39 is 17.4 Å².